The van der Waals surface area contributed by atoms with E-state index in [9.17, 15) is 0 Å². The Labute approximate surface area is 151 Å². The minimum Gasteiger partial charge on any atom is -0.356 e. The average molecular weight is 352 g/mol. The van der Waals surface area contributed by atoms with Gasteiger partial charge in [-0.2, -0.15) is 0 Å². The summed E-state index contributed by atoms with van der Waals surface area (Å²) in [5.74, 6) is 0.924. The van der Waals surface area contributed by atoms with E-state index < -0.39 is 0 Å². The van der Waals surface area contributed by atoms with Crippen LogP contribution in [0.25, 0.3) is 0 Å². The first kappa shape index (κ1) is 19.2. The second-order valence-electron chi connectivity index (χ2n) is 6.47. The van der Waals surface area contributed by atoms with Gasteiger partial charge < -0.3 is 15.5 Å². The molecule has 136 valence electrons. The van der Waals surface area contributed by atoms with Gasteiger partial charge in [-0.1, -0.05) is 13.8 Å². The topological polar surface area (TPSA) is 52.5 Å². The number of hydrogen-bond donors (Lipinski definition) is 2. The molecule has 1 aromatic rings. The predicted octanol–water partition coefficient (Wildman–Crippen LogP) is 2.60. The molecule has 1 aliphatic heterocycles. The van der Waals surface area contributed by atoms with Gasteiger partial charge >= 0.3 is 0 Å². The van der Waals surface area contributed by atoms with E-state index in [2.05, 4.69) is 41.3 Å². The van der Waals surface area contributed by atoms with Gasteiger partial charge in [0.15, 0.2) is 5.96 Å². The normalized spacial score (nSPS) is 17.2. The molecule has 2 heterocycles. The molecular formula is C18H33N5S. The maximum Gasteiger partial charge on any atom is 0.191 e. The summed E-state index contributed by atoms with van der Waals surface area (Å²) in [5.41, 5.74) is 1.25. The Bertz CT molecular complexity index is 517. The third kappa shape index (κ3) is 5.74. The van der Waals surface area contributed by atoms with Crippen molar-refractivity contribution in [3.63, 3.8) is 0 Å². The van der Waals surface area contributed by atoms with Crippen LogP contribution in [0, 0.1) is 6.92 Å². The maximum atomic E-state index is 4.71. The van der Waals surface area contributed by atoms with Crippen molar-refractivity contribution in [3.05, 3.63) is 15.6 Å². The number of nitrogens with one attached hydrogen (secondary N) is 2. The number of nitrogens with zero attached hydrogens (tertiary/aromatic N) is 3. The van der Waals surface area contributed by atoms with Crippen LogP contribution >= 0.6 is 11.3 Å². The van der Waals surface area contributed by atoms with Crippen LogP contribution in [-0.2, 0) is 12.8 Å². The van der Waals surface area contributed by atoms with Crippen molar-refractivity contribution in [1.29, 1.82) is 0 Å². The fourth-order valence-corrected chi connectivity index (χ4v) is 4.24. The predicted molar refractivity (Wildman–Crippen MR) is 104 cm³/mol. The Morgan fingerprint density at radius 2 is 2.08 bits per heavy atom. The molecule has 1 aliphatic rings. The molecule has 0 aromatic carbocycles. The van der Waals surface area contributed by atoms with Crippen molar-refractivity contribution >= 4 is 17.3 Å². The van der Waals surface area contributed by atoms with Crippen LogP contribution in [0.1, 0.15) is 48.7 Å². The summed E-state index contributed by atoms with van der Waals surface area (Å²) >= 11 is 1.82. The lowest BCUT2D eigenvalue weighted by molar-refractivity contribution is 0.206. The highest BCUT2D eigenvalue weighted by atomic mass is 32.1. The van der Waals surface area contributed by atoms with Crippen LogP contribution in [0.2, 0.25) is 0 Å². The second kappa shape index (κ2) is 9.99. The van der Waals surface area contributed by atoms with Crippen molar-refractivity contribution in [3.8, 4) is 0 Å². The van der Waals surface area contributed by atoms with Crippen molar-refractivity contribution in [2.75, 3.05) is 33.2 Å². The summed E-state index contributed by atoms with van der Waals surface area (Å²) in [6.07, 6.45) is 5.63. The highest BCUT2D eigenvalue weighted by Crippen LogP contribution is 2.18. The van der Waals surface area contributed by atoms with Gasteiger partial charge in [-0.15, -0.1) is 11.3 Å². The molecule has 0 atom stereocenters. The Morgan fingerprint density at radius 3 is 2.67 bits per heavy atom. The van der Waals surface area contributed by atoms with Gasteiger partial charge in [-0.25, -0.2) is 4.98 Å². The van der Waals surface area contributed by atoms with Gasteiger partial charge in [0.1, 0.15) is 0 Å². The van der Waals surface area contributed by atoms with E-state index >= 15 is 0 Å². The number of piperidine rings is 1. The summed E-state index contributed by atoms with van der Waals surface area (Å²) in [6.45, 7) is 11.1. The van der Waals surface area contributed by atoms with Crippen molar-refractivity contribution in [2.45, 2.75) is 58.9 Å². The molecule has 2 rings (SSSR count). The quantitative estimate of drug-likeness (QED) is 0.586. The third-order valence-corrected chi connectivity index (χ3v) is 5.67. The molecule has 0 bridgehead atoms. The van der Waals surface area contributed by atoms with Gasteiger partial charge in [0.2, 0.25) is 0 Å². The minimum atomic E-state index is 0.540. The molecule has 0 aliphatic carbocycles. The third-order valence-electron chi connectivity index (χ3n) is 4.60. The van der Waals surface area contributed by atoms with Crippen LogP contribution in [-0.4, -0.2) is 55.1 Å². The molecule has 1 saturated heterocycles. The van der Waals surface area contributed by atoms with E-state index in [1.54, 1.807) is 0 Å². The average Bonchev–Trinajstić information content (AvgIpc) is 2.95. The fourth-order valence-electron chi connectivity index (χ4n) is 3.22. The van der Waals surface area contributed by atoms with Crippen molar-refractivity contribution in [1.82, 2.24) is 20.5 Å². The standard InChI is InChI=1S/C18H33N5S/c1-5-11-23-12-8-15(9-13-23)21-18(19-4)20-10-7-17-22-16(6-2)14(3)24-17/h15H,5-13H2,1-4H3,(H2,19,20,21). The molecule has 0 spiro atoms. The van der Waals surface area contributed by atoms with Crippen LogP contribution in [0.15, 0.2) is 4.99 Å². The molecule has 5 nitrogen and oxygen atoms in total. The zero-order valence-corrected chi connectivity index (χ0v) is 16.5. The number of rotatable bonds is 7. The van der Waals surface area contributed by atoms with Crippen LogP contribution in [0.3, 0.4) is 0 Å². The van der Waals surface area contributed by atoms with Gasteiger partial charge in [0.05, 0.1) is 10.7 Å². The molecule has 1 aromatic heterocycles. The SMILES string of the molecule is CCCN1CCC(NC(=NC)NCCc2nc(CC)c(C)s2)CC1. The van der Waals surface area contributed by atoms with E-state index in [4.69, 9.17) is 4.98 Å². The summed E-state index contributed by atoms with van der Waals surface area (Å²) in [5, 5.41) is 8.24. The van der Waals surface area contributed by atoms with E-state index in [0.717, 1.165) is 25.3 Å². The van der Waals surface area contributed by atoms with Gasteiger partial charge in [0.25, 0.3) is 0 Å². The molecule has 0 saturated carbocycles. The smallest absolute Gasteiger partial charge is 0.191 e. The summed E-state index contributed by atoms with van der Waals surface area (Å²) in [7, 11) is 1.85. The van der Waals surface area contributed by atoms with Gasteiger partial charge in [-0.3, -0.25) is 4.99 Å². The second-order valence-corrected chi connectivity index (χ2v) is 7.76. The Hall–Kier alpha value is -1.14. The number of aryl methyl sites for hydroxylation is 2. The largest absolute Gasteiger partial charge is 0.356 e. The van der Waals surface area contributed by atoms with E-state index in [-0.39, 0.29) is 0 Å². The highest BCUT2D eigenvalue weighted by molar-refractivity contribution is 7.11. The fraction of sp³-hybridized carbons (Fsp3) is 0.778. The van der Waals surface area contributed by atoms with E-state index in [1.165, 1.54) is 54.5 Å². The van der Waals surface area contributed by atoms with Crippen molar-refractivity contribution in [2.24, 2.45) is 4.99 Å². The minimum absolute atomic E-state index is 0.540. The number of likely N-dealkylation sites (tertiary alicyclic amines) is 1. The number of hydrogen-bond acceptors (Lipinski definition) is 4. The zero-order chi connectivity index (χ0) is 17.4. The lowest BCUT2D eigenvalue weighted by Gasteiger charge is -2.32. The molecule has 0 amide bonds. The molecule has 6 heteroatoms. The maximum absolute atomic E-state index is 4.71. The molecule has 0 radical (unpaired) electrons. The Balaban J connectivity index is 1.71. The number of guanidine groups is 1. The summed E-state index contributed by atoms with van der Waals surface area (Å²) < 4.78 is 0. The monoisotopic (exact) mass is 351 g/mol. The van der Waals surface area contributed by atoms with Gasteiger partial charge in [0, 0.05) is 44.0 Å². The lowest BCUT2D eigenvalue weighted by Crippen LogP contribution is -2.49. The van der Waals surface area contributed by atoms with Gasteiger partial charge in [-0.05, 0) is 39.2 Å². The Kier molecular flexibility index (Phi) is 7.99. The molecule has 2 N–H and O–H groups in total. The first-order chi connectivity index (χ1) is 11.7. The molecule has 0 unspecified atom stereocenters. The number of aromatic nitrogens is 1. The van der Waals surface area contributed by atoms with Crippen LogP contribution in [0.5, 0.6) is 0 Å². The number of aliphatic imine (C=N–C) groups is 1. The molecule has 1 fully saturated rings. The highest BCUT2D eigenvalue weighted by Gasteiger charge is 2.19. The summed E-state index contributed by atoms with van der Waals surface area (Å²) in [4.78, 5) is 13.0. The van der Waals surface area contributed by atoms with E-state index in [1.807, 2.05) is 18.4 Å². The zero-order valence-electron chi connectivity index (χ0n) is 15.7. The van der Waals surface area contributed by atoms with Crippen LogP contribution < -0.4 is 10.6 Å². The number of thiazole rings is 1. The van der Waals surface area contributed by atoms with E-state index in [0.29, 0.717) is 6.04 Å². The first-order valence-electron chi connectivity index (χ1n) is 9.31. The molecule has 24 heavy (non-hydrogen) atoms. The Morgan fingerprint density at radius 1 is 1.33 bits per heavy atom. The first-order valence-corrected chi connectivity index (χ1v) is 10.1. The molecular weight excluding hydrogens is 318 g/mol. The summed E-state index contributed by atoms with van der Waals surface area (Å²) in [6, 6.07) is 0.540. The lowest BCUT2D eigenvalue weighted by atomic mass is 10.1. The van der Waals surface area contributed by atoms with Crippen LogP contribution in [0.4, 0.5) is 0 Å². The van der Waals surface area contributed by atoms with Crippen molar-refractivity contribution < 1.29 is 0 Å².